The standard InChI is InChI=1S/C18H22N2O4S/c1-3-7-25-16-6-4-5-12-10-20(11-14(12)16)18(22)24-13-8-15(19-9-13)17(21)23-2/h3-6,13,15,19H,1,7-11H2,2H3/t13-,15+/m1/s1. The first kappa shape index (κ1) is 17.8. The van der Waals surface area contributed by atoms with Gasteiger partial charge in [0.1, 0.15) is 12.1 Å². The molecular formula is C18H22N2O4S. The molecule has 0 aromatic heterocycles. The molecule has 6 nitrogen and oxygen atoms in total. The number of methoxy groups -OCH3 is 1. The molecule has 2 atom stereocenters. The molecular weight excluding hydrogens is 340 g/mol. The second-order valence-corrected chi connectivity index (χ2v) is 7.14. The predicted molar refractivity (Wildman–Crippen MR) is 95.3 cm³/mol. The van der Waals surface area contributed by atoms with E-state index in [0.29, 0.717) is 26.1 Å². The molecule has 0 saturated carbocycles. The van der Waals surface area contributed by atoms with Crippen LogP contribution in [0.2, 0.25) is 0 Å². The molecule has 1 aromatic carbocycles. The minimum absolute atomic E-state index is 0.310. The third kappa shape index (κ3) is 3.99. The molecule has 2 aliphatic rings. The van der Waals surface area contributed by atoms with Crippen molar-refractivity contribution in [3.63, 3.8) is 0 Å². The van der Waals surface area contributed by atoms with Gasteiger partial charge in [0.05, 0.1) is 13.7 Å². The second kappa shape index (κ2) is 7.93. The van der Waals surface area contributed by atoms with Crippen LogP contribution in [0, 0.1) is 0 Å². The molecule has 1 amide bonds. The number of ether oxygens (including phenoxy) is 2. The Kier molecular flexibility index (Phi) is 5.65. The van der Waals surface area contributed by atoms with Crippen LogP contribution in [-0.2, 0) is 27.4 Å². The van der Waals surface area contributed by atoms with Crippen LogP contribution in [0.3, 0.4) is 0 Å². The van der Waals surface area contributed by atoms with Crippen LogP contribution in [0.4, 0.5) is 4.79 Å². The molecule has 0 unspecified atom stereocenters. The minimum atomic E-state index is -0.402. The molecule has 7 heteroatoms. The first-order valence-corrected chi connectivity index (χ1v) is 9.22. The number of hydrogen-bond donors (Lipinski definition) is 1. The summed E-state index contributed by atoms with van der Waals surface area (Å²) < 4.78 is 10.3. The maximum absolute atomic E-state index is 12.5. The Balaban J connectivity index is 1.58. The minimum Gasteiger partial charge on any atom is -0.468 e. The number of carbonyl (C=O) groups excluding carboxylic acids is 2. The lowest BCUT2D eigenvalue weighted by Gasteiger charge is -2.18. The number of nitrogens with zero attached hydrogens (tertiary/aromatic N) is 1. The highest BCUT2D eigenvalue weighted by molar-refractivity contribution is 7.99. The molecule has 1 N–H and O–H groups in total. The first-order valence-electron chi connectivity index (χ1n) is 8.23. The summed E-state index contributed by atoms with van der Waals surface area (Å²) in [7, 11) is 1.35. The number of carbonyl (C=O) groups is 2. The van der Waals surface area contributed by atoms with E-state index in [2.05, 4.69) is 18.0 Å². The summed E-state index contributed by atoms with van der Waals surface area (Å²) in [6.07, 6.45) is 1.67. The van der Waals surface area contributed by atoms with Gasteiger partial charge in [0.15, 0.2) is 0 Å². The Morgan fingerprint density at radius 2 is 2.28 bits per heavy atom. The van der Waals surface area contributed by atoms with Gasteiger partial charge in [0, 0.05) is 30.2 Å². The number of amides is 1. The average Bonchev–Trinajstić information content (AvgIpc) is 3.26. The van der Waals surface area contributed by atoms with Crippen molar-refractivity contribution in [3.8, 4) is 0 Å². The lowest BCUT2D eigenvalue weighted by molar-refractivity contribution is -0.142. The zero-order valence-electron chi connectivity index (χ0n) is 14.2. The molecule has 1 aromatic rings. The number of hydrogen-bond acceptors (Lipinski definition) is 6. The van der Waals surface area contributed by atoms with Crippen molar-refractivity contribution in [3.05, 3.63) is 42.0 Å². The van der Waals surface area contributed by atoms with Crippen LogP contribution >= 0.6 is 11.8 Å². The van der Waals surface area contributed by atoms with Crippen molar-refractivity contribution in [2.24, 2.45) is 0 Å². The third-order valence-corrected chi connectivity index (χ3v) is 5.49. The maximum Gasteiger partial charge on any atom is 0.410 e. The van der Waals surface area contributed by atoms with Gasteiger partial charge in [-0.15, -0.1) is 18.3 Å². The van der Waals surface area contributed by atoms with E-state index in [1.54, 1.807) is 16.7 Å². The number of nitrogens with one attached hydrogen (secondary N) is 1. The van der Waals surface area contributed by atoms with Gasteiger partial charge in [0.25, 0.3) is 0 Å². The van der Waals surface area contributed by atoms with Crippen LogP contribution in [0.25, 0.3) is 0 Å². The second-order valence-electron chi connectivity index (χ2n) is 6.08. The van der Waals surface area contributed by atoms with Crippen molar-refractivity contribution in [2.75, 3.05) is 19.4 Å². The van der Waals surface area contributed by atoms with E-state index in [0.717, 1.165) is 11.3 Å². The highest BCUT2D eigenvalue weighted by Crippen LogP contribution is 2.32. The monoisotopic (exact) mass is 362 g/mol. The number of benzene rings is 1. The molecule has 1 saturated heterocycles. The summed E-state index contributed by atoms with van der Waals surface area (Å²) >= 11 is 1.72. The Morgan fingerprint density at radius 3 is 3.04 bits per heavy atom. The summed E-state index contributed by atoms with van der Waals surface area (Å²) in [6, 6.07) is 5.73. The van der Waals surface area contributed by atoms with Crippen molar-refractivity contribution in [2.45, 2.75) is 36.6 Å². The zero-order valence-corrected chi connectivity index (χ0v) is 15.0. The molecule has 2 heterocycles. The topological polar surface area (TPSA) is 67.9 Å². The van der Waals surface area contributed by atoms with Gasteiger partial charge >= 0.3 is 12.1 Å². The van der Waals surface area contributed by atoms with Crippen molar-refractivity contribution < 1.29 is 19.1 Å². The van der Waals surface area contributed by atoms with Gasteiger partial charge < -0.3 is 14.8 Å². The van der Waals surface area contributed by atoms with Crippen LogP contribution in [0.5, 0.6) is 0 Å². The lowest BCUT2D eigenvalue weighted by atomic mass is 10.1. The van der Waals surface area contributed by atoms with E-state index in [1.807, 2.05) is 18.2 Å². The van der Waals surface area contributed by atoms with Crippen LogP contribution < -0.4 is 5.32 Å². The normalized spacial score (nSPS) is 21.7. The van der Waals surface area contributed by atoms with Gasteiger partial charge in [-0.25, -0.2) is 4.79 Å². The van der Waals surface area contributed by atoms with Crippen LogP contribution in [-0.4, -0.2) is 48.5 Å². The predicted octanol–water partition coefficient (Wildman–Crippen LogP) is 2.32. The van der Waals surface area contributed by atoms with E-state index in [9.17, 15) is 9.59 Å². The summed E-state index contributed by atoms with van der Waals surface area (Å²) in [5.41, 5.74) is 2.34. The number of thioether (sulfide) groups is 1. The summed E-state index contributed by atoms with van der Waals surface area (Å²) in [6.45, 7) is 5.32. The van der Waals surface area contributed by atoms with Gasteiger partial charge in [0.2, 0.25) is 0 Å². The Bertz CT molecular complexity index is 679. The Labute approximate surface area is 151 Å². The van der Waals surface area contributed by atoms with Crippen molar-refractivity contribution in [1.82, 2.24) is 10.2 Å². The van der Waals surface area contributed by atoms with Crippen molar-refractivity contribution >= 4 is 23.8 Å². The fourth-order valence-electron chi connectivity index (χ4n) is 3.14. The third-order valence-electron chi connectivity index (χ3n) is 4.40. The molecule has 0 aliphatic carbocycles. The molecule has 0 spiro atoms. The molecule has 2 aliphatic heterocycles. The van der Waals surface area contributed by atoms with E-state index < -0.39 is 6.04 Å². The summed E-state index contributed by atoms with van der Waals surface area (Å²) in [5, 5.41) is 3.02. The number of rotatable bonds is 5. The van der Waals surface area contributed by atoms with E-state index in [-0.39, 0.29) is 18.2 Å². The van der Waals surface area contributed by atoms with Gasteiger partial charge in [-0.05, 0) is 17.2 Å². The fourth-order valence-corrected chi connectivity index (χ4v) is 3.98. The number of esters is 1. The smallest absolute Gasteiger partial charge is 0.410 e. The van der Waals surface area contributed by atoms with E-state index >= 15 is 0 Å². The molecule has 0 bridgehead atoms. The first-order chi connectivity index (χ1) is 12.1. The highest BCUT2D eigenvalue weighted by Gasteiger charge is 2.34. The largest absolute Gasteiger partial charge is 0.468 e. The summed E-state index contributed by atoms with van der Waals surface area (Å²) in [5.74, 6) is 0.514. The van der Waals surface area contributed by atoms with Gasteiger partial charge in [-0.2, -0.15) is 0 Å². The van der Waals surface area contributed by atoms with Gasteiger partial charge in [-0.3, -0.25) is 9.69 Å². The SMILES string of the molecule is C=CCSc1cccc2c1CN(C(=O)O[C@H]1CN[C@H](C(=O)OC)C1)C2. The maximum atomic E-state index is 12.5. The Morgan fingerprint density at radius 1 is 1.44 bits per heavy atom. The zero-order chi connectivity index (χ0) is 17.8. The highest BCUT2D eigenvalue weighted by atomic mass is 32.2. The molecule has 134 valence electrons. The average molecular weight is 362 g/mol. The fraction of sp³-hybridized carbons (Fsp3) is 0.444. The van der Waals surface area contributed by atoms with Crippen molar-refractivity contribution in [1.29, 1.82) is 0 Å². The van der Waals surface area contributed by atoms with Crippen LogP contribution in [0.15, 0.2) is 35.7 Å². The number of fused-ring (bicyclic) bond motifs is 1. The van der Waals surface area contributed by atoms with Gasteiger partial charge in [-0.1, -0.05) is 18.2 Å². The van der Waals surface area contributed by atoms with E-state index in [1.165, 1.54) is 17.6 Å². The molecule has 1 fully saturated rings. The Hall–Kier alpha value is -1.99. The summed E-state index contributed by atoms with van der Waals surface area (Å²) in [4.78, 5) is 26.9. The molecule has 0 radical (unpaired) electrons. The lowest BCUT2D eigenvalue weighted by Crippen LogP contribution is -2.31. The van der Waals surface area contributed by atoms with E-state index in [4.69, 9.17) is 9.47 Å². The molecule has 25 heavy (non-hydrogen) atoms. The molecule has 3 rings (SSSR count). The quantitative estimate of drug-likeness (QED) is 0.493. The van der Waals surface area contributed by atoms with Crippen LogP contribution in [0.1, 0.15) is 17.5 Å².